The fourth-order valence-corrected chi connectivity index (χ4v) is 4.62. The number of hydrogen-bond donors (Lipinski definition) is 1. The van der Waals surface area contributed by atoms with Crippen molar-refractivity contribution in [1.29, 1.82) is 0 Å². The lowest BCUT2D eigenvalue weighted by molar-refractivity contribution is 0.305. The van der Waals surface area contributed by atoms with Crippen molar-refractivity contribution in [3.63, 3.8) is 0 Å². The quantitative estimate of drug-likeness (QED) is 0.297. The predicted octanol–water partition coefficient (Wildman–Crippen LogP) is 6.08. The van der Waals surface area contributed by atoms with Gasteiger partial charge in [-0.15, -0.1) is 0 Å². The second kappa shape index (κ2) is 8.71. The minimum atomic E-state index is 0.0133. The predicted molar refractivity (Wildman–Crippen MR) is 117 cm³/mol. The highest BCUT2D eigenvalue weighted by atomic mass is 32.2. The number of pyridine rings is 1. The number of imidazole rings is 1. The Morgan fingerprint density at radius 3 is 2.64 bits per heavy atom. The number of H-pyrrole nitrogens is 1. The van der Waals surface area contributed by atoms with Crippen LogP contribution < -0.4 is 4.74 Å². The number of rotatable bonds is 7. The molecule has 0 saturated carbocycles. The van der Waals surface area contributed by atoms with E-state index in [9.17, 15) is 0 Å². The van der Waals surface area contributed by atoms with Crippen molar-refractivity contribution in [2.45, 2.75) is 35.1 Å². The van der Waals surface area contributed by atoms with Crippen LogP contribution in [0.4, 0.5) is 0 Å². The summed E-state index contributed by atoms with van der Waals surface area (Å²) in [5, 5.41) is 0.904. The first kappa shape index (κ1) is 18.9. The van der Waals surface area contributed by atoms with Gasteiger partial charge in [0.2, 0.25) is 0 Å². The molecule has 0 fully saturated rings. The molecule has 1 unspecified atom stereocenters. The van der Waals surface area contributed by atoms with Gasteiger partial charge in [-0.1, -0.05) is 53.9 Å². The zero-order chi connectivity index (χ0) is 19.3. The topological polar surface area (TPSA) is 50.8 Å². The first-order valence-electron chi connectivity index (χ1n) is 9.09. The van der Waals surface area contributed by atoms with Gasteiger partial charge in [0.15, 0.2) is 5.16 Å². The van der Waals surface area contributed by atoms with Gasteiger partial charge in [-0.2, -0.15) is 0 Å². The smallest absolute Gasteiger partial charge is 0.166 e. The van der Waals surface area contributed by atoms with E-state index >= 15 is 0 Å². The summed E-state index contributed by atoms with van der Waals surface area (Å²) < 4.78 is 6.18. The number of fused-ring (bicyclic) bond motifs is 1. The highest BCUT2D eigenvalue weighted by Gasteiger charge is 2.12. The Morgan fingerprint density at radius 1 is 1.04 bits per heavy atom. The first-order chi connectivity index (χ1) is 13.7. The van der Waals surface area contributed by atoms with Gasteiger partial charge in [0.25, 0.3) is 0 Å². The first-order valence-corrected chi connectivity index (χ1v) is 11.0. The van der Waals surface area contributed by atoms with E-state index < -0.39 is 0 Å². The van der Waals surface area contributed by atoms with Gasteiger partial charge in [0, 0.05) is 22.4 Å². The lowest BCUT2D eigenvalue weighted by atomic mass is 10.2. The summed E-state index contributed by atoms with van der Waals surface area (Å²) in [4.78, 5) is 13.7. The molecule has 4 nitrogen and oxygen atoms in total. The van der Waals surface area contributed by atoms with Crippen molar-refractivity contribution >= 4 is 34.6 Å². The molecule has 0 saturated heterocycles. The van der Waals surface area contributed by atoms with Gasteiger partial charge in [-0.3, -0.25) is 4.98 Å². The number of aromatic amines is 1. The van der Waals surface area contributed by atoms with Crippen LogP contribution in [0.5, 0.6) is 5.75 Å². The standard InChI is InChI=1S/C22H21N3OS2/c1-15-20(14-27-22-24-18-10-6-7-11-19(18)25-22)23-13-12-21(15)26-16(2)28-17-8-4-3-5-9-17/h3-13,16H,14H2,1-2H3,(H,24,25). The summed E-state index contributed by atoms with van der Waals surface area (Å²) in [7, 11) is 0. The van der Waals surface area contributed by atoms with E-state index in [1.807, 2.05) is 54.7 Å². The lowest BCUT2D eigenvalue weighted by Gasteiger charge is -2.17. The fourth-order valence-electron chi connectivity index (χ4n) is 2.86. The van der Waals surface area contributed by atoms with Crippen LogP contribution in [0.3, 0.4) is 0 Å². The molecule has 4 rings (SSSR count). The number of benzene rings is 2. The molecule has 2 aromatic carbocycles. The van der Waals surface area contributed by atoms with Gasteiger partial charge < -0.3 is 9.72 Å². The van der Waals surface area contributed by atoms with Gasteiger partial charge in [0.1, 0.15) is 11.2 Å². The van der Waals surface area contributed by atoms with Crippen molar-refractivity contribution < 1.29 is 4.74 Å². The summed E-state index contributed by atoms with van der Waals surface area (Å²) in [6.45, 7) is 4.14. The molecule has 0 aliphatic rings. The minimum Gasteiger partial charge on any atom is -0.479 e. The van der Waals surface area contributed by atoms with Crippen molar-refractivity contribution in [3.05, 3.63) is 78.1 Å². The van der Waals surface area contributed by atoms with Crippen LogP contribution in [-0.2, 0) is 5.75 Å². The number of hydrogen-bond acceptors (Lipinski definition) is 5. The van der Waals surface area contributed by atoms with Crippen LogP contribution in [0, 0.1) is 6.92 Å². The molecule has 0 amide bonds. The maximum Gasteiger partial charge on any atom is 0.166 e. The summed E-state index contributed by atoms with van der Waals surface area (Å²) in [6.07, 6.45) is 1.82. The molecule has 4 aromatic rings. The van der Waals surface area contributed by atoms with Crippen LogP contribution in [0.1, 0.15) is 18.2 Å². The molecule has 0 aliphatic heterocycles. The third-order valence-electron chi connectivity index (χ3n) is 4.31. The maximum absolute atomic E-state index is 6.18. The molecular weight excluding hydrogens is 386 g/mol. The number of nitrogens with zero attached hydrogens (tertiary/aromatic N) is 2. The zero-order valence-corrected chi connectivity index (χ0v) is 17.4. The summed E-state index contributed by atoms with van der Waals surface area (Å²) in [6, 6.07) is 20.3. The molecule has 0 aliphatic carbocycles. The van der Waals surface area contributed by atoms with E-state index in [2.05, 4.69) is 40.9 Å². The number of nitrogens with one attached hydrogen (secondary N) is 1. The maximum atomic E-state index is 6.18. The Morgan fingerprint density at radius 2 is 1.82 bits per heavy atom. The Balaban J connectivity index is 1.42. The Kier molecular flexibility index (Phi) is 5.88. The normalized spacial score (nSPS) is 12.2. The molecular formula is C22H21N3OS2. The largest absolute Gasteiger partial charge is 0.479 e. The molecule has 1 atom stereocenters. The van der Waals surface area contributed by atoms with Crippen LogP contribution in [0.25, 0.3) is 11.0 Å². The monoisotopic (exact) mass is 407 g/mol. The van der Waals surface area contributed by atoms with Crippen molar-refractivity contribution in [2.24, 2.45) is 0 Å². The highest BCUT2D eigenvalue weighted by molar-refractivity contribution is 7.99. The molecule has 2 heterocycles. The highest BCUT2D eigenvalue weighted by Crippen LogP contribution is 2.30. The number of aromatic nitrogens is 3. The van der Waals surface area contributed by atoms with Crippen LogP contribution in [0.2, 0.25) is 0 Å². The molecule has 0 spiro atoms. The van der Waals surface area contributed by atoms with E-state index in [-0.39, 0.29) is 5.44 Å². The molecule has 142 valence electrons. The van der Waals surface area contributed by atoms with E-state index in [4.69, 9.17) is 4.74 Å². The van der Waals surface area contributed by atoms with E-state index in [0.29, 0.717) is 0 Å². The van der Waals surface area contributed by atoms with Gasteiger partial charge in [-0.25, -0.2) is 4.98 Å². The molecule has 0 bridgehead atoms. The van der Waals surface area contributed by atoms with Crippen molar-refractivity contribution in [2.75, 3.05) is 0 Å². The van der Waals surface area contributed by atoms with Crippen molar-refractivity contribution in [3.8, 4) is 5.75 Å². The zero-order valence-electron chi connectivity index (χ0n) is 15.8. The summed E-state index contributed by atoms with van der Waals surface area (Å²) >= 11 is 3.36. The van der Waals surface area contributed by atoms with Crippen LogP contribution in [-0.4, -0.2) is 20.4 Å². The van der Waals surface area contributed by atoms with Gasteiger partial charge in [0.05, 0.1) is 16.7 Å². The van der Waals surface area contributed by atoms with Gasteiger partial charge in [-0.05, 0) is 44.2 Å². The number of para-hydroxylation sites is 2. The second-order valence-electron chi connectivity index (χ2n) is 6.34. The molecule has 28 heavy (non-hydrogen) atoms. The van der Waals surface area contributed by atoms with Crippen LogP contribution >= 0.6 is 23.5 Å². The average molecular weight is 408 g/mol. The Bertz CT molecular complexity index is 1030. The molecule has 1 N–H and O–H groups in total. The minimum absolute atomic E-state index is 0.0133. The third-order valence-corrected chi connectivity index (χ3v) is 6.17. The van der Waals surface area contributed by atoms with Crippen molar-refractivity contribution in [1.82, 2.24) is 15.0 Å². The Labute approximate surface area is 173 Å². The Hall–Kier alpha value is -2.44. The van der Waals surface area contributed by atoms with E-state index in [1.54, 1.807) is 23.5 Å². The summed E-state index contributed by atoms with van der Waals surface area (Å²) in [5.74, 6) is 1.62. The lowest BCUT2D eigenvalue weighted by Crippen LogP contribution is -2.08. The summed E-state index contributed by atoms with van der Waals surface area (Å²) in [5.41, 5.74) is 4.14. The second-order valence-corrected chi connectivity index (χ2v) is 8.68. The number of ether oxygens (including phenoxy) is 1. The van der Waals surface area contributed by atoms with E-state index in [1.165, 1.54) is 4.90 Å². The fraction of sp³-hybridized carbons (Fsp3) is 0.182. The molecule has 2 aromatic heterocycles. The molecule has 6 heteroatoms. The van der Waals surface area contributed by atoms with E-state index in [0.717, 1.165) is 38.9 Å². The van der Waals surface area contributed by atoms with Gasteiger partial charge >= 0.3 is 0 Å². The third kappa shape index (κ3) is 4.51. The van der Waals surface area contributed by atoms with Crippen LogP contribution in [0.15, 0.2) is 76.9 Å². The number of thioether (sulfide) groups is 2. The average Bonchev–Trinajstić information content (AvgIpc) is 3.12. The SMILES string of the molecule is Cc1c(OC(C)Sc2ccccc2)ccnc1CSc1nc2ccccc2[nH]1. The molecule has 0 radical (unpaired) electrons.